The van der Waals surface area contributed by atoms with Crippen LogP contribution in [-0.2, 0) is 0 Å². The summed E-state index contributed by atoms with van der Waals surface area (Å²) in [5.74, 6) is 7.31. The average Bonchev–Trinajstić information content (AvgIpc) is 3.47. The van der Waals surface area contributed by atoms with E-state index in [9.17, 15) is 8.78 Å². The van der Waals surface area contributed by atoms with Gasteiger partial charge in [0.2, 0.25) is 0 Å². The third-order valence-electron chi connectivity index (χ3n) is 8.03. The molecule has 2 heterocycles. The average molecular weight is 663 g/mol. The maximum atomic E-state index is 14.4. The quantitative estimate of drug-likeness (QED) is 0.0998. The van der Waals surface area contributed by atoms with Crippen molar-refractivity contribution < 1.29 is 8.78 Å². The van der Waals surface area contributed by atoms with Crippen molar-refractivity contribution in [2.75, 3.05) is 0 Å². The summed E-state index contributed by atoms with van der Waals surface area (Å²) in [7, 11) is 0. The molecule has 5 rings (SSSR count). The van der Waals surface area contributed by atoms with Crippen LogP contribution in [-0.4, -0.2) is 27.6 Å². The fourth-order valence-electron chi connectivity index (χ4n) is 5.28. The predicted octanol–water partition coefficient (Wildman–Crippen LogP) is 10.5. The van der Waals surface area contributed by atoms with Crippen LogP contribution < -0.4 is 0 Å². The van der Waals surface area contributed by atoms with Gasteiger partial charge in [0.25, 0.3) is 0 Å². The van der Waals surface area contributed by atoms with Gasteiger partial charge in [0.15, 0.2) is 0 Å². The molecule has 5 aromatic rings. The van der Waals surface area contributed by atoms with Gasteiger partial charge < -0.3 is 0 Å². The molecule has 3 aromatic carbocycles. The fraction of sp³-hybridized carbons (Fsp3) is 0.312. The summed E-state index contributed by atoms with van der Waals surface area (Å²) < 4.78 is 38.1. The second kappa shape index (κ2) is 11.3. The number of thiophene rings is 2. The first-order chi connectivity index (χ1) is 18.3. The van der Waals surface area contributed by atoms with E-state index in [1.807, 2.05) is 0 Å². The Morgan fingerprint density at radius 2 is 1.11 bits per heavy atom. The zero-order valence-electron chi connectivity index (χ0n) is 22.6. The van der Waals surface area contributed by atoms with Crippen LogP contribution in [0.3, 0.4) is 0 Å². The number of halogens is 2. The molecule has 2 aromatic heterocycles. The molecular formula is C32H31F2Ge2S2. The second-order valence-electron chi connectivity index (χ2n) is 9.87. The number of hydrogen-bond acceptors (Lipinski definition) is 2. The second-order valence-corrected chi connectivity index (χ2v) is 28.3. The molecule has 0 bridgehead atoms. The van der Waals surface area contributed by atoms with Gasteiger partial charge in [-0.25, -0.2) is 0 Å². The number of hydrogen-bond donors (Lipinski definition) is 0. The molecular weight excluding hydrogens is 632 g/mol. The van der Waals surface area contributed by atoms with Crippen molar-refractivity contribution in [3.8, 4) is 21.3 Å². The fourth-order valence-corrected chi connectivity index (χ4v) is 14.4. The molecule has 0 nitrogen and oxygen atoms in total. The van der Waals surface area contributed by atoms with Gasteiger partial charge in [0.1, 0.15) is 0 Å². The molecule has 0 N–H and O–H groups in total. The van der Waals surface area contributed by atoms with Crippen LogP contribution in [0.2, 0.25) is 26.3 Å². The molecule has 0 saturated carbocycles. The predicted molar refractivity (Wildman–Crippen MR) is 170 cm³/mol. The Hall–Kier alpha value is -1.83. The Kier molecular flexibility index (Phi) is 8.27. The van der Waals surface area contributed by atoms with Crippen LogP contribution in [0.4, 0.5) is 8.78 Å². The number of benzene rings is 3. The van der Waals surface area contributed by atoms with E-state index < -0.39 is 27.6 Å². The van der Waals surface area contributed by atoms with Crippen LogP contribution in [0.1, 0.15) is 45.7 Å². The SMILES string of the molecule is C[CH2][Ge]([C]#Cc1c2cc3cc(F)sc3cc2c(C#[C][Ge]([CH2]C)([CH2]C)[CH2]C)c2cc3cc(F)sc3cc12)[CH2]C. The van der Waals surface area contributed by atoms with Gasteiger partial charge in [-0.15, -0.1) is 0 Å². The van der Waals surface area contributed by atoms with Gasteiger partial charge in [-0.1, -0.05) is 0 Å². The Morgan fingerprint density at radius 3 is 1.55 bits per heavy atom. The first kappa shape index (κ1) is 27.7. The minimum atomic E-state index is -2.31. The molecule has 0 aliphatic rings. The summed E-state index contributed by atoms with van der Waals surface area (Å²) in [4.78, 5) is 0. The van der Waals surface area contributed by atoms with Crippen molar-refractivity contribution in [1.82, 2.24) is 0 Å². The van der Waals surface area contributed by atoms with Crippen molar-refractivity contribution in [3.05, 3.63) is 57.8 Å². The van der Waals surface area contributed by atoms with E-state index in [1.165, 1.54) is 38.4 Å². The molecule has 0 aliphatic heterocycles. The standard InChI is InChI=1S/C32H31F2Ge2S2/c1-6-35(7-2)13-11-23-25-15-21-17-31(33)38-30(21)20-28(25)24(12-14-36(8-3,9-4)10-5)26-16-22-18-32(34)37-29(22)19-27(23)26/h15-20H,6-10H2,1-5H3. The monoisotopic (exact) mass is 665 g/mol. The molecule has 0 fully saturated rings. The van der Waals surface area contributed by atoms with Crippen LogP contribution in [0.5, 0.6) is 0 Å². The van der Waals surface area contributed by atoms with Gasteiger partial charge >= 0.3 is 241 Å². The van der Waals surface area contributed by atoms with Crippen LogP contribution >= 0.6 is 22.7 Å². The molecule has 0 atom stereocenters. The maximum absolute atomic E-state index is 14.4. The van der Waals surface area contributed by atoms with Crippen molar-refractivity contribution in [2.24, 2.45) is 0 Å². The molecule has 0 spiro atoms. The Balaban J connectivity index is 1.98. The number of rotatable bonds is 5. The van der Waals surface area contributed by atoms with E-state index in [0.29, 0.717) is 0 Å². The van der Waals surface area contributed by atoms with Gasteiger partial charge in [0, 0.05) is 0 Å². The van der Waals surface area contributed by atoms with E-state index in [4.69, 9.17) is 0 Å². The van der Waals surface area contributed by atoms with Gasteiger partial charge in [0.05, 0.1) is 0 Å². The molecule has 1 radical (unpaired) electrons. The third kappa shape index (κ3) is 5.06. The zero-order chi connectivity index (χ0) is 27.0. The Bertz CT molecular complexity index is 1690. The van der Waals surface area contributed by atoms with E-state index in [1.54, 1.807) is 12.1 Å². The van der Waals surface area contributed by atoms with Gasteiger partial charge in [-0.3, -0.25) is 0 Å². The van der Waals surface area contributed by atoms with Gasteiger partial charge in [-0.05, 0) is 0 Å². The van der Waals surface area contributed by atoms with Crippen molar-refractivity contribution in [3.63, 3.8) is 0 Å². The third-order valence-corrected chi connectivity index (χ3v) is 24.3. The molecule has 0 saturated heterocycles. The topological polar surface area (TPSA) is 0 Å². The van der Waals surface area contributed by atoms with Crippen molar-refractivity contribution >= 4 is 92.0 Å². The summed E-state index contributed by atoms with van der Waals surface area (Å²) in [6.45, 7) is 11.3. The molecule has 193 valence electrons. The summed E-state index contributed by atoms with van der Waals surface area (Å²) >= 11 is -1.42. The summed E-state index contributed by atoms with van der Waals surface area (Å²) in [6.07, 6.45) is 0. The van der Waals surface area contributed by atoms with E-state index in [-0.39, 0.29) is 10.3 Å². The van der Waals surface area contributed by atoms with Crippen LogP contribution in [0.25, 0.3) is 41.7 Å². The number of fused-ring (bicyclic) bond motifs is 4. The first-order valence-corrected chi connectivity index (χ1v) is 24.6. The first-order valence-electron chi connectivity index (χ1n) is 13.5. The summed E-state index contributed by atoms with van der Waals surface area (Å²) in [5, 5.41) is 11.4. The molecule has 0 unspecified atom stereocenters. The Labute approximate surface area is 239 Å². The van der Waals surface area contributed by atoms with E-state index in [0.717, 1.165) is 63.4 Å². The normalized spacial score (nSPS) is 11.9. The molecule has 0 aliphatic carbocycles. The van der Waals surface area contributed by atoms with Crippen LogP contribution in [0, 0.1) is 31.6 Å². The summed E-state index contributed by atoms with van der Waals surface area (Å²) in [6, 6.07) is 11.7. The zero-order valence-corrected chi connectivity index (χ0v) is 28.4. The molecule has 38 heavy (non-hydrogen) atoms. The van der Waals surface area contributed by atoms with Crippen molar-refractivity contribution in [1.29, 1.82) is 0 Å². The Morgan fingerprint density at radius 1 is 0.658 bits per heavy atom. The minimum absolute atomic E-state index is 0.181. The summed E-state index contributed by atoms with van der Waals surface area (Å²) in [5.41, 5.74) is 1.96. The molecule has 0 amide bonds. The van der Waals surface area contributed by atoms with Crippen molar-refractivity contribution in [2.45, 2.75) is 60.9 Å². The van der Waals surface area contributed by atoms with E-state index in [2.05, 4.69) is 80.2 Å². The van der Waals surface area contributed by atoms with E-state index >= 15 is 0 Å². The van der Waals surface area contributed by atoms with Gasteiger partial charge in [-0.2, -0.15) is 0 Å². The molecule has 6 heteroatoms. The van der Waals surface area contributed by atoms with Crippen LogP contribution in [0.15, 0.2) is 36.4 Å².